The van der Waals surface area contributed by atoms with Crippen molar-refractivity contribution in [2.75, 3.05) is 7.11 Å². The van der Waals surface area contributed by atoms with E-state index in [2.05, 4.69) is 47.6 Å². The smallest absolute Gasteiger partial charge is 0.220 e. The summed E-state index contributed by atoms with van der Waals surface area (Å²) in [5.74, 6) is 2.23. The molecule has 0 saturated heterocycles. The van der Waals surface area contributed by atoms with Crippen LogP contribution in [0, 0.1) is 13.8 Å². The average Bonchev–Trinajstić information content (AvgIpc) is 3.27. The molecule has 4 rings (SSSR count). The molecule has 1 aromatic heterocycles. The number of benzene rings is 3. The van der Waals surface area contributed by atoms with Crippen molar-refractivity contribution in [3.63, 3.8) is 0 Å². The maximum Gasteiger partial charge on any atom is 0.220 e. The predicted molar refractivity (Wildman–Crippen MR) is 145 cm³/mol. The zero-order valence-electron chi connectivity index (χ0n) is 20.6. The molecule has 36 heavy (non-hydrogen) atoms. The second-order valence-electron chi connectivity index (χ2n) is 8.62. The Morgan fingerprint density at radius 1 is 1.00 bits per heavy atom. The fraction of sp³-hybridized carbons (Fsp3) is 0.250. The first kappa shape index (κ1) is 25.8. The van der Waals surface area contributed by atoms with Gasteiger partial charge in [0.15, 0.2) is 5.16 Å². The van der Waals surface area contributed by atoms with E-state index in [4.69, 9.17) is 16.3 Å². The van der Waals surface area contributed by atoms with Crippen LogP contribution in [-0.2, 0) is 23.5 Å². The number of nitrogens with one attached hydrogen (secondary N) is 1. The van der Waals surface area contributed by atoms with Gasteiger partial charge in [0.2, 0.25) is 5.91 Å². The number of hydrogen-bond donors (Lipinski definition) is 1. The van der Waals surface area contributed by atoms with Crippen LogP contribution in [0.1, 0.15) is 34.5 Å². The lowest BCUT2D eigenvalue weighted by Gasteiger charge is -2.11. The maximum atomic E-state index is 12.6. The van der Waals surface area contributed by atoms with E-state index >= 15 is 0 Å². The van der Waals surface area contributed by atoms with Crippen molar-refractivity contribution in [3.05, 3.63) is 99.8 Å². The molecular formula is C28H29ClN4O2S. The third kappa shape index (κ3) is 6.89. The number of carbonyl (C=O) groups excluding carboxylic acids is 1. The first-order chi connectivity index (χ1) is 17.4. The van der Waals surface area contributed by atoms with Crippen LogP contribution in [0.4, 0.5) is 0 Å². The summed E-state index contributed by atoms with van der Waals surface area (Å²) < 4.78 is 7.18. The zero-order chi connectivity index (χ0) is 25.5. The van der Waals surface area contributed by atoms with E-state index in [1.807, 2.05) is 53.1 Å². The van der Waals surface area contributed by atoms with Gasteiger partial charge in [0.1, 0.15) is 11.6 Å². The molecule has 0 aliphatic rings. The van der Waals surface area contributed by atoms with E-state index in [-0.39, 0.29) is 5.91 Å². The summed E-state index contributed by atoms with van der Waals surface area (Å²) in [5, 5.41) is 13.3. The van der Waals surface area contributed by atoms with Gasteiger partial charge in [0.05, 0.1) is 12.8 Å². The minimum Gasteiger partial charge on any atom is -0.497 e. The highest BCUT2D eigenvalue weighted by Crippen LogP contribution is 2.27. The topological polar surface area (TPSA) is 69.0 Å². The number of hydrogen-bond acceptors (Lipinski definition) is 5. The lowest BCUT2D eigenvalue weighted by atomic mass is 10.1. The monoisotopic (exact) mass is 520 g/mol. The van der Waals surface area contributed by atoms with Crippen LogP contribution in [0.15, 0.2) is 71.9 Å². The number of carbonyl (C=O) groups is 1. The number of ether oxygens (including phenoxy) is 1. The number of nitrogens with zero attached hydrogens (tertiary/aromatic N) is 3. The quantitative estimate of drug-likeness (QED) is 0.256. The Morgan fingerprint density at radius 3 is 2.44 bits per heavy atom. The molecule has 0 atom stereocenters. The summed E-state index contributed by atoms with van der Waals surface area (Å²) in [4.78, 5) is 12.6. The molecule has 0 fully saturated rings. The summed E-state index contributed by atoms with van der Waals surface area (Å²) in [7, 11) is 1.63. The Hall–Kier alpha value is -3.29. The Morgan fingerprint density at radius 2 is 1.75 bits per heavy atom. The molecule has 0 saturated carbocycles. The normalized spacial score (nSPS) is 10.9. The third-order valence-corrected chi connectivity index (χ3v) is 6.88. The van der Waals surface area contributed by atoms with E-state index in [1.54, 1.807) is 18.9 Å². The van der Waals surface area contributed by atoms with Crippen LogP contribution in [0.3, 0.4) is 0 Å². The molecule has 186 valence electrons. The van der Waals surface area contributed by atoms with Gasteiger partial charge in [-0.3, -0.25) is 9.36 Å². The van der Waals surface area contributed by atoms with Gasteiger partial charge in [-0.25, -0.2) is 0 Å². The molecule has 0 aliphatic heterocycles. The largest absolute Gasteiger partial charge is 0.497 e. The fourth-order valence-corrected chi connectivity index (χ4v) is 5.07. The first-order valence-corrected chi connectivity index (χ1v) is 13.1. The first-order valence-electron chi connectivity index (χ1n) is 11.7. The van der Waals surface area contributed by atoms with Gasteiger partial charge in [0.25, 0.3) is 0 Å². The molecule has 1 amide bonds. The molecule has 0 aliphatic carbocycles. The van der Waals surface area contributed by atoms with Gasteiger partial charge < -0.3 is 10.1 Å². The van der Waals surface area contributed by atoms with Crippen molar-refractivity contribution in [2.45, 2.75) is 44.1 Å². The molecule has 0 unspecified atom stereocenters. The lowest BCUT2D eigenvalue weighted by Crippen LogP contribution is -2.23. The number of thioether (sulfide) groups is 1. The Kier molecular flexibility index (Phi) is 8.67. The average molecular weight is 521 g/mol. The second-order valence-corrected chi connectivity index (χ2v) is 10.0. The van der Waals surface area contributed by atoms with Crippen LogP contribution in [0.5, 0.6) is 5.75 Å². The summed E-state index contributed by atoms with van der Waals surface area (Å²) in [6.45, 7) is 4.67. The van der Waals surface area contributed by atoms with Crippen molar-refractivity contribution in [1.29, 1.82) is 0 Å². The molecule has 1 N–H and O–H groups in total. The summed E-state index contributed by atoms with van der Waals surface area (Å²) in [6.07, 6.45) is 0.759. The van der Waals surface area contributed by atoms with Gasteiger partial charge in [-0.1, -0.05) is 70.9 Å². The molecule has 0 spiro atoms. The van der Waals surface area contributed by atoms with E-state index < -0.39 is 0 Å². The van der Waals surface area contributed by atoms with Gasteiger partial charge in [-0.05, 0) is 55.3 Å². The van der Waals surface area contributed by atoms with Gasteiger partial charge in [-0.2, -0.15) is 0 Å². The molecule has 3 aromatic carbocycles. The van der Waals surface area contributed by atoms with E-state index in [9.17, 15) is 4.79 Å². The van der Waals surface area contributed by atoms with Crippen LogP contribution in [0.2, 0.25) is 5.02 Å². The van der Waals surface area contributed by atoms with Crippen molar-refractivity contribution in [2.24, 2.45) is 0 Å². The number of aryl methyl sites for hydroxylation is 3. The highest BCUT2D eigenvalue weighted by molar-refractivity contribution is 7.98. The summed E-state index contributed by atoms with van der Waals surface area (Å²) >= 11 is 7.91. The summed E-state index contributed by atoms with van der Waals surface area (Å²) in [6, 6.07) is 21.8. The number of halogens is 1. The molecule has 4 aromatic rings. The SMILES string of the molecule is COc1ccc(CNC(=O)CCc2nnc(SCc3cc(C)cc(C)c3)n2-c2cccc(Cl)c2)cc1. The number of rotatable bonds is 10. The fourth-order valence-electron chi connectivity index (χ4n) is 3.99. The van der Waals surface area contributed by atoms with Crippen molar-refractivity contribution < 1.29 is 9.53 Å². The Bertz CT molecular complexity index is 1320. The van der Waals surface area contributed by atoms with Crippen LogP contribution in [-0.4, -0.2) is 27.8 Å². The predicted octanol–water partition coefficient (Wildman–Crippen LogP) is 6.09. The molecular weight excluding hydrogens is 492 g/mol. The standard InChI is InChI=1S/C28H29ClN4O2S/c1-19-13-20(2)15-22(14-19)18-36-28-32-31-26(33(28)24-6-4-5-23(29)16-24)11-12-27(34)30-17-21-7-9-25(35-3)10-8-21/h4-10,13-16H,11-12,17-18H2,1-3H3,(H,30,34). The molecule has 6 nitrogen and oxygen atoms in total. The van der Waals surface area contributed by atoms with E-state index in [0.717, 1.165) is 33.7 Å². The third-order valence-electron chi connectivity index (χ3n) is 5.64. The highest BCUT2D eigenvalue weighted by atomic mass is 35.5. The van der Waals surface area contributed by atoms with E-state index in [1.165, 1.54) is 16.7 Å². The number of methoxy groups -OCH3 is 1. The zero-order valence-corrected chi connectivity index (χ0v) is 22.2. The molecule has 0 bridgehead atoms. The highest BCUT2D eigenvalue weighted by Gasteiger charge is 2.16. The van der Waals surface area contributed by atoms with Gasteiger partial charge >= 0.3 is 0 Å². The second kappa shape index (κ2) is 12.1. The molecule has 1 heterocycles. The summed E-state index contributed by atoms with van der Waals surface area (Å²) in [5.41, 5.74) is 5.60. The van der Waals surface area contributed by atoms with Crippen LogP contribution < -0.4 is 10.1 Å². The van der Waals surface area contributed by atoms with Crippen molar-refractivity contribution in [1.82, 2.24) is 20.1 Å². The maximum absolute atomic E-state index is 12.6. The van der Waals surface area contributed by atoms with Crippen molar-refractivity contribution in [3.8, 4) is 11.4 Å². The Balaban J connectivity index is 1.45. The Labute approximate surface area is 221 Å². The van der Waals surface area contributed by atoms with Crippen LogP contribution in [0.25, 0.3) is 5.69 Å². The van der Waals surface area contributed by atoms with Crippen molar-refractivity contribution >= 4 is 29.3 Å². The van der Waals surface area contributed by atoms with E-state index in [0.29, 0.717) is 24.4 Å². The van der Waals surface area contributed by atoms with Gasteiger partial charge in [-0.15, -0.1) is 10.2 Å². The minimum absolute atomic E-state index is 0.0455. The van der Waals surface area contributed by atoms with Gasteiger partial charge in [0, 0.05) is 30.2 Å². The number of amides is 1. The lowest BCUT2D eigenvalue weighted by molar-refractivity contribution is -0.121. The number of aromatic nitrogens is 3. The molecule has 0 radical (unpaired) electrons. The minimum atomic E-state index is -0.0455. The molecule has 8 heteroatoms. The van der Waals surface area contributed by atoms with Crippen LogP contribution >= 0.6 is 23.4 Å².